The SMILES string of the molecule is CCCc1ncc(C(=O)NCc2cc(Cl)cc(Cl)c2)c(-c2ccccc2)n1.NCc1cc(Cl)cc(Cl)c1. The lowest BCUT2D eigenvalue weighted by molar-refractivity contribution is 0.0951. The highest BCUT2D eigenvalue weighted by Crippen LogP contribution is 2.23. The maximum atomic E-state index is 12.8. The molecule has 0 bridgehead atoms. The second-order valence-electron chi connectivity index (χ2n) is 8.11. The Morgan fingerprint density at radius 1 is 0.865 bits per heavy atom. The summed E-state index contributed by atoms with van der Waals surface area (Å²) in [7, 11) is 0. The number of aromatic nitrogens is 2. The first-order valence-electron chi connectivity index (χ1n) is 11.6. The topological polar surface area (TPSA) is 80.9 Å². The van der Waals surface area contributed by atoms with E-state index in [9.17, 15) is 4.79 Å². The van der Waals surface area contributed by atoms with E-state index in [0.29, 0.717) is 44.4 Å². The Labute approximate surface area is 237 Å². The van der Waals surface area contributed by atoms with Crippen LogP contribution in [0, 0.1) is 0 Å². The highest BCUT2D eigenvalue weighted by atomic mass is 35.5. The van der Waals surface area contributed by atoms with Crippen molar-refractivity contribution in [1.82, 2.24) is 15.3 Å². The minimum atomic E-state index is -0.243. The average Bonchev–Trinajstić information content (AvgIpc) is 2.87. The molecule has 0 aliphatic heterocycles. The van der Waals surface area contributed by atoms with E-state index in [4.69, 9.17) is 52.1 Å². The van der Waals surface area contributed by atoms with Gasteiger partial charge in [0.15, 0.2) is 0 Å². The lowest BCUT2D eigenvalue weighted by Gasteiger charge is -2.11. The van der Waals surface area contributed by atoms with Gasteiger partial charge in [0, 0.05) is 51.4 Å². The summed E-state index contributed by atoms with van der Waals surface area (Å²) in [6, 6.07) is 20.1. The normalized spacial score (nSPS) is 10.4. The number of aryl methyl sites for hydroxylation is 1. The molecule has 4 aromatic rings. The number of amides is 1. The van der Waals surface area contributed by atoms with Gasteiger partial charge in [-0.1, -0.05) is 83.7 Å². The first-order chi connectivity index (χ1) is 17.8. The molecule has 4 rings (SSSR count). The van der Waals surface area contributed by atoms with Gasteiger partial charge in [0.25, 0.3) is 5.91 Å². The zero-order valence-electron chi connectivity index (χ0n) is 20.1. The van der Waals surface area contributed by atoms with E-state index in [1.165, 1.54) is 0 Å². The molecule has 0 saturated heterocycles. The molecular weight excluding hydrogens is 550 g/mol. The number of nitrogens with one attached hydrogen (secondary N) is 1. The molecule has 0 atom stereocenters. The molecule has 0 aliphatic carbocycles. The predicted molar refractivity (Wildman–Crippen MR) is 153 cm³/mol. The van der Waals surface area contributed by atoms with Crippen LogP contribution in [0.1, 0.15) is 40.7 Å². The quantitative estimate of drug-likeness (QED) is 0.236. The van der Waals surface area contributed by atoms with Crippen molar-refractivity contribution in [2.75, 3.05) is 0 Å². The van der Waals surface area contributed by atoms with E-state index in [1.54, 1.807) is 42.6 Å². The molecule has 5 nitrogen and oxygen atoms in total. The summed E-state index contributed by atoms with van der Waals surface area (Å²) in [4.78, 5) is 21.8. The minimum Gasteiger partial charge on any atom is -0.348 e. The minimum absolute atomic E-state index is 0.243. The fraction of sp³-hybridized carbons (Fsp3) is 0.179. The van der Waals surface area contributed by atoms with Crippen LogP contribution in [0.25, 0.3) is 11.3 Å². The number of carbonyl (C=O) groups is 1. The fourth-order valence-electron chi connectivity index (χ4n) is 3.46. The molecule has 0 radical (unpaired) electrons. The Morgan fingerprint density at radius 3 is 1.97 bits per heavy atom. The van der Waals surface area contributed by atoms with Crippen molar-refractivity contribution in [2.24, 2.45) is 5.73 Å². The first kappa shape index (κ1) is 28.9. The number of hydrogen-bond donors (Lipinski definition) is 2. The van der Waals surface area contributed by atoms with Crippen LogP contribution in [0.15, 0.2) is 72.9 Å². The van der Waals surface area contributed by atoms with Crippen LogP contribution in [-0.2, 0) is 19.5 Å². The molecule has 0 saturated carbocycles. The Morgan fingerprint density at radius 2 is 1.43 bits per heavy atom. The van der Waals surface area contributed by atoms with Crippen LogP contribution in [-0.4, -0.2) is 15.9 Å². The molecule has 3 N–H and O–H groups in total. The van der Waals surface area contributed by atoms with Crippen molar-refractivity contribution in [3.05, 3.63) is 116 Å². The zero-order valence-corrected chi connectivity index (χ0v) is 23.2. The van der Waals surface area contributed by atoms with Crippen molar-refractivity contribution in [3.63, 3.8) is 0 Å². The van der Waals surface area contributed by atoms with Gasteiger partial charge in [-0.3, -0.25) is 4.79 Å². The van der Waals surface area contributed by atoms with Gasteiger partial charge in [0.2, 0.25) is 0 Å². The summed E-state index contributed by atoms with van der Waals surface area (Å²) in [6.45, 7) is 2.85. The predicted octanol–water partition coefficient (Wildman–Crippen LogP) is 7.79. The third kappa shape index (κ3) is 8.99. The van der Waals surface area contributed by atoms with Gasteiger partial charge in [-0.05, 0) is 53.9 Å². The monoisotopic (exact) mass is 574 g/mol. The number of nitrogens with two attached hydrogens (primary N) is 1. The van der Waals surface area contributed by atoms with Crippen LogP contribution in [0.2, 0.25) is 20.1 Å². The van der Waals surface area contributed by atoms with Crippen molar-refractivity contribution in [3.8, 4) is 11.3 Å². The van der Waals surface area contributed by atoms with Crippen molar-refractivity contribution >= 4 is 52.3 Å². The van der Waals surface area contributed by atoms with Crippen LogP contribution in [0.4, 0.5) is 0 Å². The third-order valence-corrected chi connectivity index (χ3v) is 6.01. The van der Waals surface area contributed by atoms with Crippen LogP contribution < -0.4 is 11.1 Å². The molecule has 1 aromatic heterocycles. The van der Waals surface area contributed by atoms with Crippen molar-refractivity contribution < 1.29 is 4.79 Å². The number of benzene rings is 3. The standard InChI is InChI=1S/C21H19Cl2N3O.C7H7Cl2N/c1-2-6-19-24-13-18(20(26-19)15-7-4-3-5-8-15)21(27)25-12-14-9-16(22)11-17(23)10-14;8-6-1-5(4-10)2-7(9)3-6/h3-5,7-11,13H,2,6,12H2,1H3,(H,25,27);1-3H,4,10H2. The van der Waals surface area contributed by atoms with E-state index < -0.39 is 0 Å². The number of nitrogens with zero attached hydrogens (tertiary/aromatic N) is 2. The van der Waals surface area contributed by atoms with E-state index in [2.05, 4.69) is 22.2 Å². The van der Waals surface area contributed by atoms with E-state index >= 15 is 0 Å². The van der Waals surface area contributed by atoms with Gasteiger partial charge in [-0.2, -0.15) is 0 Å². The lowest BCUT2D eigenvalue weighted by Crippen LogP contribution is -2.24. The van der Waals surface area contributed by atoms with E-state index in [1.807, 2.05) is 30.3 Å². The van der Waals surface area contributed by atoms with E-state index in [0.717, 1.165) is 35.4 Å². The number of carbonyl (C=O) groups excluding carboxylic acids is 1. The molecule has 37 heavy (non-hydrogen) atoms. The summed E-state index contributed by atoms with van der Waals surface area (Å²) in [5.41, 5.74) is 9.11. The molecule has 1 amide bonds. The molecule has 0 fully saturated rings. The fourth-order valence-corrected chi connectivity index (χ4v) is 4.61. The van der Waals surface area contributed by atoms with Gasteiger partial charge in [0.1, 0.15) is 5.82 Å². The summed E-state index contributed by atoms with van der Waals surface area (Å²) < 4.78 is 0. The van der Waals surface area contributed by atoms with Gasteiger partial charge in [-0.15, -0.1) is 0 Å². The largest absolute Gasteiger partial charge is 0.348 e. The maximum absolute atomic E-state index is 12.8. The Balaban J connectivity index is 0.000000319. The molecule has 0 spiro atoms. The molecule has 3 aromatic carbocycles. The maximum Gasteiger partial charge on any atom is 0.255 e. The Hall–Kier alpha value is -2.67. The zero-order chi connectivity index (χ0) is 26.8. The second kappa shape index (κ2) is 14.3. The van der Waals surface area contributed by atoms with Gasteiger partial charge in [0.05, 0.1) is 11.3 Å². The Bertz CT molecular complexity index is 1310. The van der Waals surface area contributed by atoms with Crippen LogP contribution >= 0.6 is 46.4 Å². The average molecular weight is 576 g/mol. The summed E-state index contributed by atoms with van der Waals surface area (Å²) in [6.07, 6.45) is 3.30. The van der Waals surface area contributed by atoms with E-state index in [-0.39, 0.29) is 5.91 Å². The summed E-state index contributed by atoms with van der Waals surface area (Å²) in [5.74, 6) is 0.488. The second-order valence-corrected chi connectivity index (χ2v) is 9.85. The molecule has 0 unspecified atom stereocenters. The van der Waals surface area contributed by atoms with Gasteiger partial charge < -0.3 is 11.1 Å². The summed E-state index contributed by atoms with van der Waals surface area (Å²) in [5, 5.41) is 5.22. The van der Waals surface area contributed by atoms with Gasteiger partial charge >= 0.3 is 0 Å². The molecule has 1 heterocycles. The molecule has 9 heteroatoms. The number of halogens is 4. The van der Waals surface area contributed by atoms with Crippen molar-refractivity contribution in [2.45, 2.75) is 32.9 Å². The molecule has 0 aliphatic rings. The smallest absolute Gasteiger partial charge is 0.255 e. The molecule has 192 valence electrons. The van der Waals surface area contributed by atoms with Crippen LogP contribution in [0.5, 0.6) is 0 Å². The lowest BCUT2D eigenvalue weighted by atomic mass is 10.1. The van der Waals surface area contributed by atoms with Gasteiger partial charge in [-0.25, -0.2) is 9.97 Å². The summed E-state index contributed by atoms with van der Waals surface area (Å²) >= 11 is 23.4. The highest BCUT2D eigenvalue weighted by molar-refractivity contribution is 6.35. The van der Waals surface area contributed by atoms with Crippen LogP contribution in [0.3, 0.4) is 0 Å². The Kier molecular flexibility index (Phi) is 11.2. The van der Waals surface area contributed by atoms with Crippen molar-refractivity contribution in [1.29, 1.82) is 0 Å². The molecular formula is C28H26Cl4N4O. The number of rotatable bonds is 7. The highest BCUT2D eigenvalue weighted by Gasteiger charge is 2.16. The third-order valence-electron chi connectivity index (χ3n) is 5.14. The first-order valence-corrected chi connectivity index (χ1v) is 13.1. The number of hydrogen-bond acceptors (Lipinski definition) is 4.